The third-order valence-electron chi connectivity index (χ3n) is 3.56. The van der Waals surface area contributed by atoms with E-state index < -0.39 is 10.0 Å². The smallest absolute Gasteiger partial charge is 0.274 e. The van der Waals surface area contributed by atoms with Crippen molar-refractivity contribution in [3.05, 3.63) is 83.9 Å². The van der Waals surface area contributed by atoms with Gasteiger partial charge in [-0.25, -0.2) is 13.4 Å². The molecular weight excluding hydrogens is 338 g/mol. The van der Waals surface area contributed by atoms with Crippen molar-refractivity contribution in [3.8, 4) is 0 Å². The van der Waals surface area contributed by atoms with Crippen molar-refractivity contribution in [2.24, 2.45) is 0 Å². The van der Waals surface area contributed by atoms with Crippen LogP contribution < -0.4 is 5.32 Å². The number of nitrogens with zero attached hydrogens (tertiary/aromatic N) is 2. The second-order valence-corrected chi connectivity index (χ2v) is 7.46. The van der Waals surface area contributed by atoms with E-state index in [9.17, 15) is 13.2 Å². The fourth-order valence-electron chi connectivity index (χ4n) is 2.35. The van der Waals surface area contributed by atoms with Gasteiger partial charge in [-0.3, -0.25) is 8.77 Å². The van der Waals surface area contributed by atoms with E-state index in [0.717, 1.165) is 9.67 Å². The molecule has 2 aromatic heterocycles. The molecule has 25 heavy (non-hydrogen) atoms. The predicted molar refractivity (Wildman–Crippen MR) is 95.8 cm³/mol. The summed E-state index contributed by atoms with van der Waals surface area (Å²) in [7, 11) is -3.55. The van der Waals surface area contributed by atoms with E-state index in [0.29, 0.717) is 11.3 Å². The Morgan fingerprint density at radius 2 is 1.84 bits per heavy atom. The number of aromatic nitrogens is 2. The molecule has 0 atom stereocenters. The maximum Gasteiger partial charge on any atom is 0.274 e. The molecule has 1 N–H and O–H groups in total. The summed E-state index contributed by atoms with van der Waals surface area (Å²) in [5, 5.41) is 2.66. The Morgan fingerprint density at radius 3 is 2.56 bits per heavy atom. The van der Waals surface area contributed by atoms with Gasteiger partial charge >= 0.3 is 0 Å². The molecule has 0 unspecified atom stereocenters. The molecule has 3 rings (SSSR count). The van der Waals surface area contributed by atoms with Gasteiger partial charge in [0.25, 0.3) is 5.91 Å². The van der Waals surface area contributed by atoms with Gasteiger partial charge in [-0.05, 0) is 30.7 Å². The predicted octanol–water partition coefficient (Wildman–Crippen LogP) is 2.82. The number of carbonyl (C=O) groups excluding carboxylic acids is 1. The van der Waals surface area contributed by atoms with Crippen LogP contribution in [-0.2, 0) is 15.8 Å². The molecule has 0 aliphatic rings. The van der Waals surface area contributed by atoms with Crippen molar-refractivity contribution in [1.82, 2.24) is 8.96 Å². The molecule has 7 heteroatoms. The summed E-state index contributed by atoms with van der Waals surface area (Å²) in [4.78, 5) is 16.3. The highest BCUT2D eigenvalue weighted by atomic mass is 32.2. The maximum atomic E-state index is 12.5. The third-order valence-corrected chi connectivity index (χ3v) is 5.13. The molecule has 0 radical (unpaired) electrons. The number of benzene rings is 1. The summed E-state index contributed by atoms with van der Waals surface area (Å²) in [6, 6.07) is 15.6. The Bertz CT molecular complexity index is 995. The SMILES string of the molecule is Cc1cccc(C(=O)Nc2ccn(S(=O)(=O)Cc3ccccc3)c2)n1. The Balaban J connectivity index is 1.75. The monoisotopic (exact) mass is 355 g/mol. The topological polar surface area (TPSA) is 81.1 Å². The Kier molecular flexibility index (Phi) is 4.67. The lowest BCUT2D eigenvalue weighted by molar-refractivity contribution is 0.102. The van der Waals surface area contributed by atoms with E-state index in [1.165, 1.54) is 18.5 Å². The number of aryl methyl sites for hydroxylation is 1. The normalized spacial score (nSPS) is 11.2. The lowest BCUT2D eigenvalue weighted by atomic mass is 10.2. The largest absolute Gasteiger partial charge is 0.319 e. The van der Waals surface area contributed by atoms with Crippen LogP contribution in [0.2, 0.25) is 0 Å². The highest BCUT2D eigenvalue weighted by Gasteiger charge is 2.15. The summed E-state index contributed by atoms with van der Waals surface area (Å²) < 4.78 is 26.0. The van der Waals surface area contributed by atoms with Gasteiger partial charge in [0.15, 0.2) is 0 Å². The molecule has 0 aliphatic heterocycles. The summed E-state index contributed by atoms with van der Waals surface area (Å²) in [5.41, 5.74) is 2.10. The van der Waals surface area contributed by atoms with E-state index in [1.807, 2.05) is 6.07 Å². The van der Waals surface area contributed by atoms with Crippen LogP contribution in [0, 0.1) is 6.92 Å². The van der Waals surface area contributed by atoms with Crippen LogP contribution in [0.1, 0.15) is 21.7 Å². The van der Waals surface area contributed by atoms with Gasteiger partial charge in [-0.2, -0.15) is 0 Å². The van der Waals surface area contributed by atoms with E-state index in [4.69, 9.17) is 0 Å². The Labute approximate surface area is 146 Å². The van der Waals surface area contributed by atoms with Crippen LogP contribution in [-0.4, -0.2) is 23.3 Å². The van der Waals surface area contributed by atoms with Gasteiger partial charge < -0.3 is 5.32 Å². The minimum absolute atomic E-state index is 0.116. The van der Waals surface area contributed by atoms with Crippen molar-refractivity contribution >= 4 is 21.6 Å². The van der Waals surface area contributed by atoms with E-state index >= 15 is 0 Å². The lowest BCUT2D eigenvalue weighted by Gasteiger charge is -2.06. The summed E-state index contributed by atoms with van der Waals surface area (Å²) in [6.45, 7) is 1.80. The average molecular weight is 355 g/mol. The number of carbonyl (C=O) groups is 1. The number of pyridine rings is 1. The van der Waals surface area contributed by atoms with Gasteiger partial charge in [0.1, 0.15) is 5.69 Å². The molecule has 0 aliphatic carbocycles. The first kappa shape index (κ1) is 16.9. The fourth-order valence-corrected chi connectivity index (χ4v) is 3.63. The molecule has 6 nitrogen and oxygen atoms in total. The van der Waals surface area contributed by atoms with Crippen LogP contribution in [0.3, 0.4) is 0 Å². The van der Waals surface area contributed by atoms with Crippen LogP contribution >= 0.6 is 0 Å². The average Bonchev–Trinajstić information content (AvgIpc) is 3.05. The van der Waals surface area contributed by atoms with Gasteiger partial charge in [0.2, 0.25) is 10.0 Å². The minimum atomic E-state index is -3.55. The summed E-state index contributed by atoms with van der Waals surface area (Å²) in [5.74, 6) is -0.503. The highest BCUT2D eigenvalue weighted by Crippen LogP contribution is 2.15. The molecule has 0 fully saturated rings. The molecule has 0 saturated carbocycles. The zero-order valence-corrected chi connectivity index (χ0v) is 14.4. The fraction of sp³-hybridized carbons (Fsp3) is 0.111. The molecule has 0 bridgehead atoms. The molecule has 0 saturated heterocycles. The first-order valence-electron chi connectivity index (χ1n) is 7.64. The second kappa shape index (κ2) is 6.90. The first-order valence-corrected chi connectivity index (χ1v) is 9.25. The number of anilines is 1. The number of hydrogen-bond donors (Lipinski definition) is 1. The van der Waals surface area contributed by atoms with Crippen LogP contribution in [0.15, 0.2) is 67.0 Å². The van der Waals surface area contributed by atoms with Gasteiger partial charge in [0, 0.05) is 18.1 Å². The molecule has 1 amide bonds. The van der Waals surface area contributed by atoms with Crippen molar-refractivity contribution in [1.29, 1.82) is 0 Å². The maximum absolute atomic E-state index is 12.5. The van der Waals surface area contributed by atoms with Gasteiger partial charge in [-0.1, -0.05) is 36.4 Å². The van der Waals surface area contributed by atoms with E-state index in [2.05, 4.69) is 10.3 Å². The van der Waals surface area contributed by atoms with Crippen molar-refractivity contribution in [2.75, 3.05) is 5.32 Å². The zero-order valence-electron chi connectivity index (χ0n) is 13.6. The number of rotatable bonds is 5. The molecule has 3 aromatic rings. The van der Waals surface area contributed by atoms with Crippen LogP contribution in [0.4, 0.5) is 5.69 Å². The first-order chi connectivity index (χ1) is 11.9. The standard InChI is InChI=1S/C18H17N3O3S/c1-14-6-5-9-17(19-14)18(22)20-16-10-11-21(12-16)25(23,24)13-15-7-3-2-4-8-15/h2-12H,13H2,1H3,(H,20,22). The van der Waals surface area contributed by atoms with Crippen molar-refractivity contribution in [2.45, 2.75) is 12.7 Å². The Hall–Kier alpha value is -2.93. The van der Waals surface area contributed by atoms with Crippen LogP contribution in [0.25, 0.3) is 0 Å². The second-order valence-electron chi connectivity index (χ2n) is 5.59. The highest BCUT2D eigenvalue weighted by molar-refractivity contribution is 7.89. The van der Waals surface area contributed by atoms with Crippen LogP contribution in [0.5, 0.6) is 0 Å². The lowest BCUT2D eigenvalue weighted by Crippen LogP contribution is -2.15. The van der Waals surface area contributed by atoms with Gasteiger partial charge in [-0.15, -0.1) is 0 Å². The molecular formula is C18H17N3O3S. The summed E-state index contributed by atoms with van der Waals surface area (Å²) in [6.07, 6.45) is 2.80. The molecule has 1 aromatic carbocycles. The number of hydrogen-bond acceptors (Lipinski definition) is 4. The Morgan fingerprint density at radius 1 is 1.08 bits per heavy atom. The van der Waals surface area contributed by atoms with Crippen molar-refractivity contribution in [3.63, 3.8) is 0 Å². The quantitative estimate of drug-likeness (QED) is 0.763. The van der Waals surface area contributed by atoms with E-state index in [-0.39, 0.29) is 17.4 Å². The minimum Gasteiger partial charge on any atom is -0.319 e. The third kappa shape index (κ3) is 4.13. The molecule has 0 spiro atoms. The summed E-state index contributed by atoms with van der Waals surface area (Å²) >= 11 is 0. The number of nitrogens with one attached hydrogen (secondary N) is 1. The van der Waals surface area contributed by atoms with E-state index in [1.54, 1.807) is 49.4 Å². The number of amides is 1. The molecule has 128 valence electrons. The van der Waals surface area contributed by atoms with Gasteiger partial charge in [0.05, 0.1) is 11.4 Å². The zero-order chi connectivity index (χ0) is 17.9. The molecule has 2 heterocycles. The van der Waals surface area contributed by atoms with Crippen molar-refractivity contribution < 1.29 is 13.2 Å².